The first-order valence-corrected chi connectivity index (χ1v) is 21.2. The molecule has 9 aromatic carbocycles. The molecule has 4 heteroatoms. The van der Waals surface area contributed by atoms with E-state index in [9.17, 15) is 0 Å². The van der Waals surface area contributed by atoms with Gasteiger partial charge in [0.15, 0.2) is 5.84 Å². The van der Waals surface area contributed by atoms with Gasteiger partial charge < -0.3 is 10.1 Å². The normalized spacial score (nSPS) is 15.2. The number of ether oxygens (including phenoxy) is 1. The SMILES string of the molecule is c1ccc(-c2ccccc2C2=NC(c3ccccc3)NC(c3cccc(-c4cccc(-c5ccc6c(c5)C5(c7ccccc7O6)c6ccccc6-c6ccccc65)c4)c3)=N2)cc1. The molecule has 1 N–H and O–H groups in total. The topological polar surface area (TPSA) is 46.0 Å². The van der Waals surface area contributed by atoms with Crippen LogP contribution in [-0.2, 0) is 5.41 Å². The van der Waals surface area contributed by atoms with Gasteiger partial charge in [-0.3, -0.25) is 0 Å². The molecule has 1 atom stereocenters. The number of nitrogens with zero attached hydrogens (tertiary/aromatic N) is 2. The van der Waals surface area contributed by atoms with Crippen molar-refractivity contribution >= 4 is 11.7 Å². The third-order valence-electron chi connectivity index (χ3n) is 12.6. The van der Waals surface area contributed by atoms with E-state index in [1.807, 2.05) is 12.1 Å². The van der Waals surface area contributed by atoms with Crippen LogP contribution in [-0.4, -0.2) is 11.7 Å². The molecule has 12 rings (SSSR count). The minimum absolute atomic E-state index is 0.309. The number of hydrogen-bond donors (Lipinski definition) is 1. The highest BCUT2D eigenvalue weighted by atomic mass is 16.5. The second-order valence-corrected chi connectivity index (χ2v) is 16.1. The number of rotatable bonds is 6. The van der Waals surface area contributed by atoms with Crippen LogP contribution in [0, 0.1) is 0 Å². The van der Waals surface area contributed by atoms with Crippen molar-refractivity contribution in [2.45, 2.75) is 11.6 Å². The van der Waals surface area contributed by atoms with Crippen molar-refractivity contribution in [1.82, 2.24) is 5.32 Å². The molecule has 62 heavy (non-hydrogen) atoms. The zero-order chi connectivity index (χ0) is 41.0. The summed E-state index contributed by atoms with van der Waals surface area (Å²) < 4.78 is 6.72. The third-order valence-corrected chi connectivity index (χ3v) is 12.6. The van der Waals surface area contributed by atoms with Crippen LogP contribution in [0.4, 0.5) is 0 Å². The number of benzene rings is 9. The summed E-state index contributed by atoms with van der Waals surface area (Å²) in [5.74, 6) is 3.25. The number of nitrogens with one attached hydrogen (secondary N) is 1. The van der Waals surface area contributed by atoms with Gasteiger partial charge in [-0.15, -0.1) is 0 Å². The van der Waals surface area contributed by atoms with E-state index in [4.69, 9.17) is 14.7 Å². The Morgan fingerprint density at radius 3 is 1.56 bits per heavy atom. The van der Waals surface area contributed by atoms with Crippen molar-refractivity contribution in [3.63, 3.8) is 0 Å². The molecule has 2 heterocycles. The maximum absolute atomic E-state index is 6.72. The smallest absolute Gasteiger partial charge is 0.160 e. The van der Waals surface area contributed by atoms with Crippen LogP contribution in [0.2, 0.25) is 0 Å². The summed E-state index contributed by atoms with van der Waals surface area (Å²) in [5.41, 5.74) is 16.7. The lowest BCUT2D eigenvalue weighted by molar-refractivity contribution is 0.436. The molecule has 0 amide bonds. The molecule has 4 nitrogen and oxygen atoms in total. The standard InChI is InChI=1S/C58H39N3O/c1-3-17-38(18-4-1)45-25-7-8-28-48(45)57-60-55(39-19-5-2-6-20-39)59-56(61-57)44-24-16-23-42(36-44)40-21-15-22-41(35-40)43-33-34-54-52(37-43)58(51-31-13-14-32-53(51)62-54)49-29-11-9-26-46(49)47-27-10-12-30-50(47)58/h1-37,55H,(H,59,60,61). The summed E-state index contributed by atoms with van der Waals surface area (Å²) in [6.45, 7) is 0. The van der Waals surface area contributed by atoms with Crippen LogP contribution in [0.25, 0.3) is 44.5 Å². The van der Waals surface area contributed by atoms with E-state index in [0.29, 0.717) is 5.84 Å². The molecule has 1 unspecified atom stereocenters. The molecular formula is C58H39N3O. The minimum Gasteiger partial charge on any atom is -0.457 e. The van der Waals surface area contributed by atoms with E-state index in [2.05, 4.69) is 218 Å². The summed E-state index contributed by atoms with van der Waals surface area (Å²) in [5, 5.41) is 3.69. The van der Waals surface area contributed by atoms with E-state index < -0.39 is 5.41 Å². The molecule has 292 valence electrons. The van der Waals surface area contributed by atoms with Crippen LogP contribution in [0.3, 0.4) is 0 Å². The van der Waals surface area contributed by atoms with Crippen molar-refractivity contribution < 1.29 is 4.74 Å². The summed E-state index contributed by atoms with van der Waals surface area (Å²) in [4.78, 5) is 10.5. The number of fused-ring (bicyclic) bond motifs is 9. The molecule has 9 aromatic rings. The lowest BCUT2D eigenvalue weighted by Crippen LogP contribution is -2.33. The van der Waals surface area contributed by atoms with Crippen LogP contribution >= 0.6 is 0 Å². The average molecular weight is 794 g/mol. The van der Waals surface area contributed by atoms with E-state index in [1.54, 1.807) is 0 Å². The fourth-order valence-corrected chi connectivity index (χ4v) is 9.83. The first-order chi connectivity index (χ1) is 30.7. The van der Waals surface area contributed by atoms with Gasteiger partial charge in [-0.1, -0.05) is 194 Å². The Bertz CT molecular complexity index is 3210. The molecule has 0 aromatic heterocycles. The first-order valence-electron chi connectivity index (χ1n) is 21.2. The van der Waals surface area contributed by atoms with Gasteiger partial charge in [-0.2, -0.15) is 0 Å². The van der Waals surface area contributed by atoms with Gasteiger partial charge in [-0.05, 0) is 91.5 Å². The molecule has 0 saturated carbocycles. The predicted molar refractivity (Wildman–Crippen MR) is 252 cm³/mol. The van der Waals surface area contributed by atoms with Crippen molar-refractivity contribution in [2.24, 2.45) is 9.98 Å². The van der Waals surface area contributed by atoms with Crippen molar-refractivity contribution in [1.29, 1.82) is 0 Å². The van der Waals surface area contributed by atoms with Gasteiger partial charge in [0.05, 0.1) is 5.41 Å². The molecule has 1 spiro atoms. The molecule has 3 aliphatic rings. The Balaban J connectivity index is 0.947. The van der Waals surface area contributed by atoms with Gasteiger partial charge in [0.1, 0.15) is 23.5 Å². The number of aliphatic imine (C=N–C) groups is 2. The maximum Gasteiger partial charge on any atom is 0.160 e. The summed E-state index contributed by atoms with van der Waals surface area (Å²) >= 11 is 0. The summed E-state index contributed by atoms with van der Waals surface area (Å²) in [6.07, 6.45) is -0.309. The third kappa shape index (κ3) is 5.76. The Morgan fingerprint density at radius 1 is 0.371 bits per heavy atom. The largest absolute Gasteiger partial charge is 0.457 e. The molecule has 0 saturated heterocycles. The average Bonchev–Trinajstić information content (AvgIpc) is 3.65. The molecule has 1 aliphatic carbocycles. The molecular weight excluding hydrogens is 755 g/mol. The second kappa shape index (κ2) is 14.6. The van der Waals surface area contributed by atoms with E-state index in [0.717, 1.165) is 78.5 Å². The number of amidine groups is 2. The predicted octanol–water partition coefficient (Wildman–Crippen LogP) is 13.7. The van der Waals surface area contributed by atoms with Crippen molar-refractivity contribution in [2.75, 3.05) is 0 Å². The monoisotopic (exact) mass is 793 g/mol. The highest BCUT2D eigenvalue weighted by molar-refractivity contribution is 6.15. The lowest BCUT2D eigenvalue weighted by atomic mass is 9.66. The van der Waals surface area contributed by atoms with E-state index >= 15 is 0 Å². The quantitative estimate of drug-likeness (QED) is 0.182. The fourth-order valence-electron chi connectivity index (χ4n) is 9.83. The van der Waals surface area contributed by atoms with Gasteiger partial charge >= 0.3 is 0 Å². The molecule has 0 bridgehead atoms. The summed E-state index contributed by atoms with van der Waals surface area (Å²) in [7, 11) is 0. The minimum atomic E-state index is -0.519. The van der Waals surface area contributed by atoms with Crippen LogP contribution in [0.15, 0.2) is 234 Å². The zero-order valence-electron chi connectivity index (χ0n) is 33.7. The lowest BCUT2D eigenvalue weighted by Gasteiger charge is -2.39. The van der Waals surface area contributed by atoms with Crippen molar-refractivity contribution in [3.05, 3.63) is 263 Å². The Labute approximate surface area is 361 Å². The zero-order valence-corrected chi connectivity index (χ0v) is 33.7. The van der Waals surface area contributed by atoms with E-state index in [1.165, 1.54) is 22.3 Å². The number of para-hydroxylation sites is 1. The summed E-state index contributed by atoms with van der Waals surface area (Å²) in [6, 6.07) is 79.8. The molecule has 0 radical (unpaired) electrons. The fraction of sp³-hybridized carbons (Fsp3) is 0.0345. The Hall–Kier alpha value is -8.08. The maximum atomic E-state index is 6.72. The van der Waals surface area contributed by atoms with Gasteiger partial charge in [-0.25, -0.2) is 9.98 Å². The highest BCUT2D eigenvalue weighted by Gasteiger charge is 2.51. The van der Waals surface area contributed by atoms with Crippen LogP contribution < -0.4 is 10.1 Å². The molecule has 0 fully saturated rings. The van der Waals surface area contributed by atoms with Gasteiger partial charge in [0, 0.05) is 22.3 Å². The Kier molecular flexibility index (Phi) is 8.42. The Morgan fingerprint density at radius 2 is 0.871 bits per heavy atom. The van der Waals surface area contributed by atoms with E-state index in [-0.39, 0.29) is 6.17 Å². The first kappa shape index (κ1) is 35.8. The number of hydrogen-bond acceptors (Lipinski definition) is 4. The van der Waals surface area contributed by atoms with Gasteiger partial charge in [0.2, 0.25) is 0 Å². The van der Waals surface area contributed by atoms with Crippen LogP contribution in [0.1, 0.15) is 45.1 Å². The van der Waals surface area contributed by atoms with Crippen molar-refractivity contribution in [3.8, 4) is 56.0 Å². The molecule has 2 aliphatic heterocycles. The van der Waals surface area contributed by atoms with Gasteiger partial charge in [0.25, 0.3) is 0 Å². The highest BCUT2D eigenvalue weighted by Crippen LogP contribution is 2.62. The van der Waals surface area contributed by atoms with Crippen LogP contribution in [0.5, 0.6) is 11.5 Å². The second-order valence-electron chi connectivity index (χ2n) is 16.1.